The predicted octanol–water partition coefficient (Wildman–Crippen LogP) is 3.26. The van der Waals surface area contributed by atoms with Crippen LogP contribution in [0, 0.1) is 6.92 Å². The van der Waals surface area contributed by atoms with E-state index in [9.17, 15) is 9.90 Å². The number of fused-ring (bicyclic) bond motifs is 1. The van der Waals surface area contributed by atoms with Crippen molar-refractivity contribution in [2.24, 2.45) is 0 Å². The molecule has 1 aromatic heterocycles. The minimum atomic E-state index is -0.355. The Morgan fingerprint density at radius 2 is 2.23 bits per heavy atom. The van der Waals surface area contributed by atoms with Gasteiger partial charge in [0, 0.05) is 18.7 Å². The van der Waals surface area contributed by atoms with Gasteiger partial charge in [0.1, 0.15) is 11.5 Å². The van der Waals surface area contributed by atoms with Crippen LogP contribution in [0.4, 0.5) is 0 Å². The van der Waals surface area contributed by atoms with Crippen molar-refractivity contribution in [3.05, 3.63) is 64.6 Å². The first-order chi connectivity index (χ1) is 12.6. The van der Waals surface area contributed by atoms with Gasteiger partial charge in [-0.1, -0.05) is 18.2 Å². The molecule has 2 aromatic rings. The van der Waals surface area contributed by atoms with E-state index < -0.39 is 0 Å². The van der Waals surface area contributed by atoms with Crippen LogP contribution in [0.25, 0.3) is 6.08 Å². The molecular weight excluding hydrogens is 330 g/mol. The van der Waals surface area contributed by atoms with Crippen molar-refractivity contribution in [3.8, 4) is 0 Å². The summed E-state index contributed by atoms with van der Waals surface area (Å²) in [6.07, 6.45) is 5.21. The van der Waals surface area contributed by atoms with Crippen LogP contribution < -0.4 is 0 Å². The maximum Gasteiger partial charge on any atom is 0.330 e. The number of methoxy groups -OCH3 is 1. The topological polar surface area (TPSA) is 62.9 Å². The first-order valence-corrected chi connectivity index (χ1v) is 8.90. The SMILES string of the molecule is COC(=O)C=Cc1ccc2c(c1)CCC2N(CCO)Cc1ccc(C)o1. The first kappa shape index (κ1) is 18.4. The minimum absolute atomic E-state index is 0.117. The molecule has 1 aromatic carbocycles. The third kappa shape index (κ3) is 4.23. The molecule has 0 spiro atoms. The van der Waals surface area contributed by atoms with Gasteiger partial charge in [-0.3, -0.25) is 4.90 Å². The van der Waals surface area contributed by atoms with E-state index in [2.05, 4.69) is 21.8 Å². The average Bonchev–Trinajstić information content (AvgIpc) is 3.24. The number of rotatable bonds is 7. The van der Waals surface area contributed by atoms with Crippen molar-refractivity contribution in [1.29, 1.82) is 0 Å². The lowest BCUT2D eigenvalue weighted by atomic mass is 10.0. The van der Waals surface area contributed by atoms with Gasteiger partial charge in [0.25, 0.3) is 0 Å². The Morgan fingerprint density at radius 3 is 2.92 bits per heavy atom. The second-order valence-corrected chi connectivity index (χ2v) is 6.58. The van der Waals surface area contributed by atoms with Crippen LogP contribution in [0.1, 0.15) is 40.7 Å². The van der Waals surface area contributed by atoms with E-state index in [4.69, 9.17) is 4.42 Å². The first-order valence-electron chi connectivity index (χ1n) is 8.90. The number of aliphatic hydroxyl groups excluding tert-OH is 1. The van der Waals surface area contributed by atoms with E-state index >= 15 is 0 Å². The summed E-state index contributed by atoms with van der Waals surface area (Å²) < 4.78 is 10.3. The van der Waals surface area contributed by atoms with Gasteiger partial charge in [-0.05, 0) is 54.7 Å². The number of aryl methyl sites for hydroxylation is 2. The van der Waals surface area contributed by atoms with Gasteiger partial charge in [-0.15, -0.1) is 0 Å². The zero-order valence-electron chi connectivity index (χ0n) is 15.3. The number of nitrogens with zero attached hydrogens (tertiary/aromatic N) is 1. The van der Waals surface area contributed by atoms with E-state index in [0.29, 0.717) is 13.1 Å². The van der Waals surface area contributed by atoms with Crippen LogP contribution in [-0.2, 0) is 22.5 Å². The second-order valence-electron chi connectivity index (χ2n) is 6.58. The number of esters is 1. The van der Waals surface area contributed by atoms with Gasteiger partial charge in [-0.2, -0.15) is 0 Å². The van der Waals surface area contributed by atoms with Gasteiger partial charge >= 0.3 is 5.97 Å². The Morgan fingerprint density at radius 1 is 1.38 bits per heavy atom. The van der Waals surface area contributed by atoms with Crippen molar-refractivity contribution in [2.45, 2.75) is 32.4 Å². The molecule has 0 saturated carbocycles. The summed E-state index contributed by atoms with van der Waals surface area (Å²) in [5.74, 6) is 1.46. The number of carbonyl (C=O) groups excluding carboxylic acids is 1. The van der Waals surface area contributed by atoms with Gasteiger partial charge in [0.15, 0.2) is 0 Å². The zero-order valence-corrected chi connectivity index (χ0v) is 15.3. The Hall–Kier alpha value is -2.37. The number of carbonyl (C=O) groups is 1. The molecule has 0 fully saturated rings. The van der Waals surface area contributed by atoms with Gasteiger partial charge < -0.3 is 14.3 Å². The number of ether oxygens (including phenoxy) is 1. The fraction of sp³-hybridized carbons (Fsp3) is 0.381. The molecular formula is C21H25NO4. The van der Waals surface area contributed by atoms with Crippen molar-refractivity contribution in [2.75, 3.05) is 20.3 Å². The summed E-state index contributed by atoms with van der Waals surface area (Å²) in [5, 5.41) is 9.49. The summed E-state index contributed by atoms with van der Waals surface area (Å²) in [7, 11) is 1.37. The minimum Gasteiger partial charge on any atom is -0.466 e. The van der Waals surface area contributed by atoms with Crippen LogP contribution in [0.2, 0.25) is 0 Å². The van der Waals surface area contributed by atoms with Crippen LogP contribution in [0.15, 0.2) is 40.8 Å². The molecule has 0 aliphatic heterocycles. The molecule has 0 saturated heterocycles. The van der Waals surface area contributed by atoms with E-state index in [1.807, 2.05) is 25.1 Å². The molecule has 26 heavy (non-hydrogen) atoms. The Bertz CT molecular complexity index is 793. The molecule has 138 valence electrons. The molecule has 1 N–H and O–H groups in total. The maximum absolute atomic E-state index is 11.3. The van der Waals surface area contributed by atoms with Crippen LogP contribution in [0.3, 0.4) is 0 Å². The predicted molar refractivity (Wildman–Crippen MR) is 99.5 cm³/mol. The quantitative estimate of drug-likeness (QED) is 0.610. The van der Waals surface area contributed by atoms with E-state index in [1.165, 1.54) is 24.3 Å². The largest absolute Gasteiger partial charge is 0.466 e. The number of aliphatic hydroxyl groups is 1. The normalized spacial score (nSPS) is 16.4. The number of benzene rings is 1. The summed E-state index contributed by atoms with van der Waals surface area (Å²) >= 11 is 0. The summed E-state index contributed by atoms with van der Waals surface area (Å²) in [6, 6.07) is 10.5. The van der Waals surface area contributed by atoms with Crippen LogP contribution in [-0.4, -0.2) is 36.2 Å². The summed E-state index contributed by atoms with van der Waals surface area (Å²) in [4.78, 5) is 13.5. The third-order valence-electron chi connectivity index (χ3n) is 4.81. The molecule has 1 heterocycles. The fourth-order valence-corrected chi connectivity index (χ4v) is 3.57. The van der Waals surface area contributed by atoms with Crippen molar-refractivity contribution >= 4 is 12.0 Å². The van der Waals surface area contributed by atoms with Crippen molar-refractivity contribution in [1.82, 2.24) is 4.90 Å². The molecule has 1 atom stereocenters. The van der Waals surface area contributed by atoms with Gasteiger partial charge in [-0.25, -0.2) is 4.79 Å². The number of hydrogen-bond donors (Lipinski definition) is 1. The Kier molecular flexibility index (Phi) is 5.91. The highest BCUT2D eigenvalue weighted by molar-refractivity contribution is 5.86. The van der Waals surface area contributed by atoms with E-state index in [-0.39, 0.29) is 18.6 Å². The van der Waals surface area contributed by atoms with E-state index in [0.717, 1.165) is 29.9 Å². The zero-order chi connectivity index (χ0) is 18.5. The van der Waals surface area contributed by atoms with Gasteiger partial charge in [0.2, 0.25) is 0 Å². The molecule has 3 rings (SSSR count). The summed E-state index contributed by atoms with van der Waals surface area (Å²) in [6.45, 7) is 3.34. The molecule has 0 bridgehead atoms. The fourth-order valence-electron chi connectivity index (χ4n) is 3.57. The van der Waals surface area contributed by atoms with Crippen LogP contribution in [0.5, 0.6) is 0 Å². The highest BCUT2D eigenvalue weighted by Gasteiger charge is 2.28. The molecule has 5 nitrogen and oxygen atoms in total. The lowest BCUT2D eigenvalue weighted by Gasteiger charge is -2.28. The molecule has 1 aliphatic carbocycles. The maximum atomic E-state index is 11.3. The average molecular weight is 355 g/mol. The number of furan rings is 1. The molecule has 5 heteroatoms. The highest BCUT2D eigenvalue weighted by atomic mass is 16.5. The third-order valence-corrected chi connectivity index (χ3v) is 4.81. The Labute approximate surface area is 153 Å². The van der Waals surface area contributed by atoms with Gasteiger partial charge in [0.05, 0.1) is 20.3 Å². The van der Waals surface area contributed by atoms with Crippen molar-refractivity contribution < 1.29 is 19.1 Å². The molecule has 0 radical (unpaired) electrons. The van der Waals surface area contributed by atoms with Crippen molar-refractivity contribution in [3.63, 3.8) is 0 Å². The Balaban J connectivity index is 1.78. The second kappa shape index (κ2) is 8.34. The lowest BCUT2D eigenvalue weighted by molar-refractivity contribution is -0.134. The van der Waals surface area contributed by atoms with Crippen LogP contribution >= 0.6 is 0 Å². The van der Waals surface area contributed by atoms with E-state index in [1.54, 1.807) is 6.08 Å². The monoisotopic (exact) mass is 355 g/mol. The lowest BCUT2D eigenvalue weighted by Crippen LogP contribution is -2.29. The molecule has 1 aliphatic rings. The molecule has 1 unspecified atom stereocenters. The standard InChI is InChI=1S/C21H25NO4/c1-15-3-7-18(26-15)14-22(11-12-23)20-9-6-17-13-16(4-8-19(17)20)5-10-21(24)25-2/h3-5,7-8,10,13,20,23H,6,9,11-12,14H2,1-2H3. The number of hydrogen-bond acceptors (Lipinski definition) is 5. The molecule has 0 amide bonds. The highest BCUT2D eigenvalue weighted by Crippen LogP contribution is 2.37. The summed E-state index contributed by atoms with van der Waals surface area (Å²) in [5.41, 5.74) is 3.57. The smallest absolute Gasteiger partial charge is 0.330 e.